The van der Waals surface area contributed by atoms with Crippen molar-refractivity contribution in [2.24, 2.45) is 5.10 Å². The minimum atomic E-state index is -0.351. The molecule has 7 heteroatoms. The second-order valence-electron chi connectivity index (χ2n) is 4.82. The van der Waals surface area contributed by atoms with Crippen molar-refractivity contribution in [2.75, 3.05) is 0 Å². The Balaban J connectivity index is 1.83. The van der Waals surface area contributed by atoms with Gasteiger partial charge in [0, 0.05) is 11.8 Å². The van der Waals surface area contributed by atoms with Crippen LogP contribution in [-0.2, 0) is 0 Å². The second-order valence-corrected chi connectivity index (χ2v) is 5.60. The summed E-state index contributed by atoms with van der Waals surface area (Å²) in [5.74, 6) is -0.351. The summed E-state index contributed by atoms with van der Waals surface area (Å²) in [5, 5.41) is 4.76. The minimum absolute atomic E-state index is 0.351. The van der Waals surface area contributed by atoms with Gasteiger partial charge in [0.05, 0.1) is 22.0 Å². The van der Waals surface area contributed by atoms with Crippen molar-refractivity contribution in [1.82, 2.24) is 14.8 Å². The maximum absolute atomic E-state index is 12.3. The van der Waals surface area contributed by atoms with Gasteiger partial charge in [0.25, 0.3) is 5.91 Å². The first-order valence-corrected chi connectivity index (χ1v) is 7.54. The summed E-state index contributed by atoms with van der Waals surface area (Å²) in [5.41, 5.74) is 4.88. The molecule has 0 spiro atoms. The van der Waals surface area contributed by atoms with Gasteiger partial charge in [-0.05, 0) is 25.1 Å². The summed E-state index contributed by atoms with van der Waals surface area (Å²) in [6, 6.07) is 10.7. The van der Waals surface area contributed by atoms with Gasteiger partial charge in [0.1, 0.15) is 11.3 Å². The summed E-state index contributed by atoms with van der Waals surface area (Å²) >= 11 is 12.0. The molecule has 2 aromatic heterocycles. The first kappa shape index (κ1) is 15.5. The van der Waals surface area contributed by atoms with Crippen LogP contribution in [0.15, 0.2) is 47.7 Å². The van der Waals surface area contributed by atoms with E-state index in [1.54, 1.807) is 35.7 Å². The fourth-order valence-electron chi connectivity index (χ4n) is 2.22. The highest BCUT2D eigenvalue weighted by Crippen LogP contribution is 2.24. The molecule has 0 radical (unpaired) electrons. The lowest BCUT2D eigenvalue weighted by Crippen LogP contribution is -2.20. The van der Waals surface area contributed by atoms with Crippen molar-refractivity contribution in [3.8, 4) is 0 Å². The number of carbonyl (C=O) groups excluding carboxylic acids is 1. The van der Waals surface area contributed by atoms with E-state index >= 15 is 0 Å². The number of halogens is 2. The Morgan fingerprint density at radius 1 is 1.26 bits per heavy atom. The van der Waals surface area contributed by atoms with Crippen molar-refractivity contribution in [1.29, 1.82) is 0 Å². The zero-order valence-corrected chi connectivity index (χ0v) is 13.6. The number of benzene rings is 1. The topological polar surface area (TPSA) is 58.8 Å². The Hall–Kier alpha value is -2.37. The highest BCUT2D eigenvalue weighted by Gasteiger charge is 2.15. The van der Waals surface area contributed by atoms with E-state index in [4.69, 9.17) is 23.2 Å². The number of fused-ring (bicyclic) bond motifs is 1. The zero-order valence-electron chi connectivity index (χ0n) is 12.1. The monoisotopic (exact) mass is 346 g/mol. The molecule has 0 bridgehead atoms. The molecule has 0 aliphatic carbocycles. The van der Waals surface area contributed by atoms with Crippen molar-refractivity contribution < 1.29 is 4.79 Å². The lowest BCUT2D eigenvalue weighted by atomic mass is 10.2. The zero-order chi connectivity index (χ0) is 16.4. The average Bonchev–Trinajstić information content (AvgIpc) is 2.87. The maximum atomic E-state index is 12.3. The Labute approximate surface area is 142 Å². The van der Waals surface area contributed by atoms with E-state index in [9.17, 15) is 4.79 Å². The van der Waals surface area contributed by atoms with E-state index in [1.165, 1.54) is 6.21 Å². The van der Waals surface area contributed by atoms with Gasteiger partial charge in [-0.2, -0.15) is 5.10 Å². The predicted octanol–water partition coefficient (Wildman–Crippen LogP) is 3.71. The molecule has 116 valence electrons. The number of hydrazone groups is 1. The van der Waals surface area contributed by atoms with Gasteiger partial charge in [-0.25, -0.2) is 10.4 Å². The van der Waals surface area contributed by atoms with Crippen LogP contribution in [0, 0.1) is 6.92 Å². The summed E-state index contributed by atoms with van der Waals surface area (Å²) in [4.78, 5) is 16.7. The number of nitrogens with one attached hydrogen (secondary N) is 1. The van der Waals surface area contributed by atoms with Gasteiger partial charge in [-0.3, -0.25) is 9.20 Å². The normalized spacial score (nSPS) is 11.3. The number of pyridine rings is 1. The third-order valence-corrected chi connectivity index (χ3v) is 4.10. The molecule has 3 rings (SSSR count). The largest absolute Gasteiger partial charge is 0.295 e. The highest BCUT2D eigenvalue weighted by molar-refractivity contribution is 6.43. The Morgan fingerprint density at radius 2 is 2.09 bits per heavy atom. The number of rotatable bonds is 3. The third kappa shape index (κ3) is 3.06. The molecule has 0 unspecified atom stereocenters. The van der Waals surface area contributed by atoms with Crippen LogP contribution >= 0.6 is 23.2 Å². The SMILES string of the molecule is Cc1nc2ccccn2c1C(=O)N/N=C\c1cccc(Cl)c1Cl. The first-order valence-electron chi connectivity index (χ1n) is 6.79. The van der Waals surface area contributed by atoms with Crippen molar-refractivity contribution in [3.05, 3.63) is 69.6 Å². The molecule has 0 saturated carbocycles. The average molecular weight is 347 g/mol. The standard InChI is InChI=1S/C16H12Cl2N4O/c1-10-15(22-8-3-2-7-13(22)20-10)16(23)21-19-9-11-5-4-6-12(17)14(11)18/h2-9H,1H3,(H,21,23)/b19-9-. The molecule has 0 aliphatic heterocycles. The van der Waals surface area contributed by atoms with Crippen LogP contribution in [0.25, 0.3) is 5.65 Å². The van der Waals surface area contributed by atoms with E-state index in [1.807, 2.05) is 18.2 Å². The fourth-order valence-corrected chi connectivity index (χ4v) is 2.58. The summed E-state index contributed by atoms with van der Waals surface area (Å²) < 4.78 is 1.71. The molecule has 3 aromatic rings. The van der Waals surface area contributed by atoms with Crippen LogP contribution < -0.4 is 5.43 Å². The summed E-state index contributed by atoms with van der Waals surface area (Å²) in [6.07, 6.45) is 3.23. The van der Waals surface area contributed by atoms with Gasteiger partial charge >= 0.3 is 0 Å². The van der Waals surface area contributed by atoms with Crippen LogP contribution in [-0.4, -0.2) is 21.5 Å². The number of aromatic nitrogens is 2. The quantitative estimate of drug-likeness (QED) is 0.580. The molecule has 1 amide bonds. The van der Waals surface area contributed by atoms with E-state index in [-0.39, 0.29) is 5.91 Å². The minimum Gasteiger partial charge on any atom is -0.295 e. The van der Waals surface area contributed by atoms with Crippen LogP contribution in [0.1, 0.15) is 21.7 Å². The Morgan fingerprint density at radius 3 is 2.91 bits per heavy atom. The van der Waals surface area contributed by atoms with Gasteiger partial charge in [-0.15, -0.1) is 0 Å². The molecule has 0 fully saturated rings. The molecule has 1 N–H and O–H groups in total. The molecule has 23 heavy (non-hydrogen) atoms. The van der Waals surface area contributed by atoms with Crippen molar-refractivity contribution in [3.63, 3.8) is 0 Å². The molecular formula is C16H12Cl2N4O. The smallest absolute Gasteiger partial charge is 0.290 e. The fraction of sp³-hybridized carbons (Fsp3) is 0.0625. The number of aryl methyl sites for hydroxylation is 1. The lowest BCUT2D eigenvalue weighted by Gasteiger charge is -2.02. The van der Waals surface area contributed by atoms with Crippen LogP contribution in [0.4, 0.5) is 0 Å². The van der Waals surface area contributed by atoms with E-state index in [0.717, 1.165) is 0 Å². The van der Waals surface area contributed by atoms with Gasteiger partial charge in [0.2, 0.25) is 0 Å². The van der Waals surface area contributed by atoms with E-state index < -0.39 is 0 Å². The second kappa shape index (κ2) is 6.40. The van der Waals surface area contributed by atoms with Gasteiger partial charge in [-0.1, -0.05) is 41.4 Å². The lowest BCUT2D eigenvalue weighted by molar-refractivity contribution is 0.0948. The number of amides is 1. The molecule has 0 atom stereocenters. The molecule has 0 aliphatic rings. The van der Waals surface area contributed by atoms with E-state index in [0.29, 0.717) is 32.6 Å². The highest BCUT2D eigenvalue weighted by atomic mass is 35.5. The Kier molecular flexibility index (Phi) is 4.32. The number of hydrogen-bond donors (Lipinski definition) is 1. The predicted molar refractivity (Wildman–Crippen MR) is 91.5 cm³/mol. The third-order valence-electron chi connectivity index (χ3n) is 3.27. The van der Waals surface area contributed by atoms with E-state index in [2.05, 4.69) is 15.5 Å². The van der Waals surface area contributed by atoms with Crippen molar-refractivity contribution >= 4 is 41.0 Å². The Bertz CT molecular complexity index is 918. The first-order chi connectivity index (χ1) is 11.1. The molecule has 0 saturated heterocycles. The number of nitrogens with zero attached hydrogens (tertiary/aromatic N) is 3. The number of hydrogen-bond acceptors (Lipinski definition) is 3. The molecule has 2 heterocycles. The summed E-state index contributed by atoms with van der Waals surface area (Å²) in [6.45, 7) is 1.78. The van der Waals surface area contributed by atoms with Crippen LogP contribution in [0.5, 0.6) is 0 Å². The van der Waals surface area contributed by atoms with Gasteiger partial charge < -0.3 is 0 Å². The molecular weight excluding hydrogens is 335 g/mol. The number of carbonyl (C=O) groups is 1. The van der Waals surface area contributed by atoms with Crippen LogP contribution in [0.2, 0.25) is 10.0 Å². The molecule has 1 aromatic carbocycles. The van der Waals surface area contributed by atoms with Crippen molar-refractivity contribution in [2.45, 2.75) is 6.92 Å². The van der Waals surface area contributed by atoms with Crippen LogP contribution in [0.3, 0.4) is 0 Å². The summed E-state index contributed by atoms with van der Waals surface area (Å²) in [7, 11) is 0. The molecule has 5 nitrogen and oxygen atoms in total. The number of imidazole rings is 1. The van der Waals surface area contributed by atoms with Gasteiger partial charge in [0.15, 0.2) is 0 Å². The maximum Gasteiger partial charge on any atom is 0.290 e.